The van der Waals surface area contributed by atoms with Crippen LogP contribution in [0.2, 0.25) is 0 Å². The van der Waals surface area contributed by atoms with Crippen LogP contribution in [0.1, 0.15) is 62.3 Å². The molecule has 0 spiro atoms. The lowest BCUT2D eigenvalue weighted by atomic mass is 9.79. The Labute approximate surface area is 143 Å². The summed E-state index contributed by atoms with van der Waals surface area (Å²) >= 11 is 0. The summed E-state index contributed by atoms with van der Waals surface area (Å²) in [6, 6.07) is 6.26. The summed E-state index contributed by atoms with van der Waals surface area (Å²) in [6.07, 6.45) is 1.97. The van der Waals surface area contributed by atoms with Gasteiger partial charge >= 0.3 is 0 Å². The molecule has 1 aromatic carbocycles. The first-order chi connectivity index (χ1) is 11.6. The molecule has 132 valence electrons. The lowest BCUT2D eigenvalue weighted by Gasteiger charge is -2.40. The molecule has 1 aromatic rings. The van der Waals surface area contributed by atoms with Crippen molar-refractivity contribution in [3.05, 3.63) is 34.9 Å². The van der Waals surface area contributed by atoms with Gasteiger partial charge in [-0.05, 0) is 49.8 Å². The molecule has 1 heterocycles. The molecule has 4 atom stereocenters. The van der Waals surface area contributed by atoms with Crippen molar-refractivity contribution in [2.45, 2.75) is 64.4 Å². The number of oxime groups is 1. The molecule has 0 bridgehead atoms. The molecule has 5 nitrogen and oxygen atoms in total. The number of aliphatic hydroxyl groups excluding tert-OH is 1. The van der Waals surface area contributed by atoms with Crippen LogP contribution in [0.4, 0.5) is 0 Å². The maximum absolute atomic E-state index is 9.86. The molecule has 1 saturated heterocycles. The fourth-order valence-corrected chi connectivity index (χ4v) is 3.49. The van der Waals surface area contributed by atoms with E-state index in [0.717, 1.165) is 30.5 Å². The van der Waals surface area contributed by atoms with Gasteiger partial charge in [0.2, 0.25) is 6.29 Å². The number of aliphatic hydroxyl groups is 1. The summed E-state index contributed by atoms with van der Waals surface area (Å²) in [7, 11) is 0. The molecule has 0 aromatic heterocycles. The van der Waals surface area contributed by atoms with E-state index in [9.17, 15) is 5.11 Å². The van der Waals surface area contributed by atoms with Crippen molar-refractivity contribution in [3.8, 4) is 0 Å². The number of rotatable bonds is 5. The minimum atomic E-state index is -0.459. The van der Waals surface area contributed by atoms with Crippen molar-refractivity contribution in [1.82, 2.24) is 0 Å². The van der Waals surface area contributed by atoms with Crippen LogP contribution in [0, 0.1) is 0 Å². The Hall–Kier alpha value is -1.43. The highest BCUT2D eigenvalue weighted by molar-refractivity contribution is 5.87. The Balaban J connectivity index is 1.78. The second kappa shape index (κ2) is 7.64. The molecule has 4 unspecified atom stereocenters. The number of ether oxygens (including phenoxy) is 2. The van der Waals surface area contributed by atoms with E-state index in [4.69, 9.17) is 14.3 Å². The van der Waals surface area contributed by atoms with E-state index in [1.807, 2.05) is 19.9 Å². The SMILES string of the molecule is CCON=C(CC)C1OCC2c3cc(C(C)O)ccc3CCC2O1. The number of nitrogens with zero attached hydrogens (tertiary/aromatic N) is 1. The van der Waals surface area contributed by atoms with Crippen molar-refractivity contribution >= 4 is 5.71 Å². The number of hydrogen-bond acceptors (Lipinski definition) is 5. The van der Waals surface area contributed by atoms with E-state index >= 15 is 0 Å². The zero-order chi connectivity index (χ0) is 17.1. The lowest BCUT2D eigenvalue weighted by Crippen LogP contribution is -2.44. The molecule has 0 amide bonds. The molecular weight excluding hydrogens is 306 g/mol. The van der Waals surface area contributed by atoms with Gasteiger partial charge in [-0.2, -0.15) is 0 Å². The molecular formula is C19H27NO4. The summed E-state index contributed by atoms with van der Waals surface area (Å²) in [5.74, 6) is 0.217. The monoisotopic (exact) mass is 333 g/mol. The smallest absolute Gasteiger partial charge is 0.200 e. The van der Waals surface area contributed by atoms with Gasteiger partial charge in [-0.15, -0.1) is 0 Å². The van der Waals surface area contributed by atoms with E-state index in [0.29, 0.717) is 13.2 Å². The van der Waals surface area contributed by atoms with Crippen molar-refractivity contribution < 1.29 is 19.4 Å². The van der Waals surface area contributed by atoms with Crippen molar-refractivity contribution in [2.75, 3.05) is 13.2 Å². The predicted molar refractivity (Wildman–Crippen MR) is 92.1 cm³/mol. The lowest BCUT2D eigenvalue weighted by molar-refractivity contribution is -0.191. The third-order valence-electron chi connectivity index (χ3n) is 4.87. The van der Waals surface area contributed by atoms with Crippen LogP contribution >= 0.6 is 0 Å². The maximum atomic E-state index is 9.86. The van der Waals surface area contributed by atoms with Gasteiger partial charge in [-0.1, -0.05) is 30.3 Å². The van der Waals surface area contributed by atoms with E-state index in [1.54, 1.807) is 6.92 Å². The minimum absolute atomic E-state index is 0.124. The second-order valence-electron chi connectivity index (χ2n) is 6.47. The van der Waals surface area contributed by atoms with Gasteiger partial charge in [0.05, 0.1) is 18.8 Å². The van der Waals surface area contributed by atoms with Gasteiger partial charge < -0.3 is 19.4 Å². The fraction of sp³-hybridized carbons (Fsp3) is 0.632. The molecule has 1 N–H and O–H groups in total. The molecule has 0 saturated carbocycles. The number of hydrogen-bond donors (Lipinski definition) is 1. The largest absolute Gasteiger partial charge is 0.396 e. The van der Waals surface area contributed by atoms with Gasteiger partial charge in [0.15, 0.2) is 0 Å². The zero-order valence-electron chi connectivity index (χ0n) is 14.7. The first kappa shape index (κ1) is 17.4. The third kappa shape index (κ3) is 3.48. The Morgan fingerprint density at radius 2 is 2.25 bits per heavy atom. The van der Waals surface area contributed by atoms with Crippen LogP contribution in [0.3, 0.4) is 0 Å². The Morgan fingerprint density at radius 3 is 2.96 bits per heavy atom. The van der Waals surface area contributed by atoms with Gasteiger partial charge in [-0.25, -0.2) is 0 Å². The molecule has 3 rings (SSSR count). The van der Waals surface area contributed by atoms with Crippen LogP contribution in [-0.2, 0) is 20.7 Å². The Kier molecular flexibility index (Phi) is 5.54. The maximum Gasteiger partial charge on any atom is 0.200 e. The highest BCUT2D eigenvalue weighted by Crippen LogP contribution is 2.39. The molecule has 24 heavy (non-hydrogen) atoms. The molecule has 1 aliphatic heterocycles. The summed E-state index contributed by atoms with van der Waals surface area (Å²) in [5.41, 5.74) is 4.34. The number of benzene rings is 1. The third-order valence-corrected chi connectivity index (χ3v) is 4.87. The van der Waals surface area contributed by atoms with Gasteiger partial charge in [0.1, 0.15) is 12.3 Å². The van der Waals surface area contributed by atoms with Crippen molar-refractivity contribution in [1.29, 1.82) is 0 Å². The summed E-state index contributed by atoms with van der Waals surface area (Å²) < 4.78 is 12.2. The fourth-order valence-electron chi connectivity index (χ4n) is 3.49. The minimum Gasteiger partial charge on any atom is -0.396 e. The normalized spacial score (nSPS) is 28.0. The van der Waals surface area contributed by atoms with Crippen molar-refractivity contribution in [3.63, 3.8) is 0 Å². The van der Waals surface area contributed by atoms with Crippen LogP contribution in [-0.4, -0.2) is 36.4 Å². The van der Waals surface area contributed by atoms with Gasteiger partial charge in [0.25, 0.3) is 0 Å². The molecule has 1 aliphatic carbocycles. The Bertz CT molecular complexity index is 599. The molecule has 1 fully saturated rings. The molecule has 5 heteroatoms. The van der Waals surface area contributed by atoms with Crippen LogP contribution in [0.25, 0.3) is 0 Å². The van der Waals surface area contributed by atoms with E-state index in [1.165, 1.54) is 11.1 Å². The molecule has 2 aliphatic rings. The highest BCUT2D eigenvalue weighted by atomic mass is 16.7. The summed E-state index contributed by atoms with van der Waals surface area (Å²) in [4.78, 5) is 5.17. The summed E-state index contributed by atoms with van der Waals surface area (Å²) in [6.45, 7) is 6.88. The first-order valence-corrected chi connectivity index (χ1v) is 8.90. The van der Waals surface area contributed by atoms with E-state index in [2.05, 4.69) is 17.3 Å². The van der Waals surface area contributed by atoms with Gasteiger partial charge in [-0.3, -0.25) is 0 Å². The van der Waals surface area contributed by atoms with Crippen molar-refractivity contribution in [2.24, 2.45) is 5.16 Å². The Morgan fingerprint density at radius 1 is 1.42 bits per heavy atom. The predicted octanol–water partition coefficient (Wildman–Crippen LogP) is 3.31. The molecule has 0 radical (unpaired) electrons. The average Bonchev–Trinajstić information content (AvgIpc) is 2.61. The van der Waals surface area contributed by atoms with E-state index in [-0.39, 0.29) is 12.0 Å². The standard InChI is InChI=1S/C19H27NO4/c1-4-17(20-23-5-2)19-22-11-16-15-10-14(12(3)21)7-6-13(15)8-9-18(16)24-19/h6-7,10,12,16,18-19,21H,4-5,8-9,11H2,1-3H3. The average molecular weight is 333 g/mol. The first-order valence-electron chi connectivity index (χ1n) is 8.90. The van der Waals surface area contributed by atoms with Crippen LogP contribution in [0.15, 0.2) is 23.4 Å². The van der Waals surface area contributed by atoms with Crippen LogP contribution in [0.5, 0.6) is 0 Å². The topological polar surface area (TPSA) is 60.3 Å². The highest BCUT2D eigenvalue weighted by Gasteiger charge is 2.38. The van der Waals surface area contributed by atoms with Gasteiger partial charge in [0, 0.05) is 5.92 Å². The number of aryl methyl sites for hydroxylation is 1. The quantitative estimate of drug-likeness (QED) is 0.663. The zero-order valence-corrected chi connectivity index (χ0v) is 14.7. The van der Waals surface area contributed by atoms with E-state index < -0.39 is 12.4 Å². The number of fused-ring (bicyclic) bond motifs is 3. The second-order valence-corrected chi connectivity index (χ2v) is 6.47. The summed E-state index contributed by atoms with van der Waals surface area (Å²) in [5, 5.41) is 14.0. The van der Waals surface area contributed by atoms with Crippen LogP contribution < -0.4 is 0 Å².